The van der Waals surface area contributed by atoms with Crippen LogP contribution in [0.2, 0.25) is 5.02 Å². The van der Waals surface area contributed by atoms with E-state index < -0.39 is 5.82 Å². The van der Waals surface area contributed by atoms with Crippen LogP contribution in [0.1, 0.15) is 11.1 Å². The fraction of sp³-hybridized carbons (Fsp3) is 0.0526. The first-order valence-electron chi connectivity index (χ1n) is 7.71. The zero-order chi connectivity index (χ0) is 17.4. The van der Waals surface area contributed by atoms with Gasteiger partial charge in [0.25, 0.3) is 0 Å². The molecular formula is C19H14ClFN4. The summed E-state index contributed by atoms with van der Waals surface area (Å²) in [4.78, 5) is 8.05. The van der Waals surface area contributed by atoms with Crippen LogP contribution in [0, 0.1) is 5.82 Å². The van der Waals surface area contributed by atoms with Crippen molar-refractivity contribution in [1.82, 2.24) is 14.5 Å². The van der Waals surface area contributed by atoms with E-state index in [1.54, 1.807) is 18.5 Å². The summed E-state index contributed by atoms with van der Waals surface area (Å²) in [6.45, 7) is 0. The van der Waals surface area contributed by atoms with Crippen LogP contribution in [0.3, 0.4) is 0 Å². The van der Waals surface area contributed by atoms with Gasteiger partial charge in [-0.2, -0.15) is 0 Å². The van der Waals surface area contributed by atoms with Gasteiger partial charge in [-0.1, -0.05) is 11.6 Å². The zero-order valence-electron chi connectivity index (χ0n) is 13.2. The molecule has 0 bridgehead atoms. The first-order chi connectivity index (χ1) is 12.1. The van der Waals surface area contributed by atoms with Crippen LogP contribution in [-0.4, -0.2) is 14.5 Å². The monoisotopic (exact) mass is 352 g/mol. The molecule has 1 aromatic carbocycles. The summed E-state index contributed by atoms with van der Waals surface area (Å²) in [5.41, 5.74) is 8.85. The van der Waals surface area contributed by atoms with Crippen LogP contribution in [0.25, 0.3) is 16.6 Å². The van der Waals surface area contributed by atoms with Crippen LogP contribution in [-0.2, 0) is 6.42 Å². The maximum Gasteiger partial charge on any atom is 0.168 e. The smallest absolute Gasteiger partial charge is 0.168 e. The van der Waals surface area contributed by atoms with E-state index >= 15 is 0 Å². The van der Waals surface area contributed by atoms with E-state index in [1.807, 2.05) is 41.1 Å². The number of benzene rings is 1. The van der Waals surface area contributed by atoms with E-state index in [2.05, 4.69) is 9.97 Å². The molecule has 2 N–H and O–H groups in total. The standard InChI is InChI=1S/C19H14ClFN4/c20-15-1-2-17-13(9-15)4-6-25(17)16-8-12(10-23-11-16)7-14-3-5-24-19(22)18(14)21/h1-6,8-11H,7H2,(H2,22,24). The van der Waals surface area contributed by atoms with Crippen LogP contribution < -0.4 is 5.73 Å². The molecule has 0 fully saturated rings. The predicted octanol–water partition coefficient (Wildman–Crippen LogP) is 4.39. The molecule has 0 atom stereocenters. The number of aromatic nitrogens is 3. The highest BCUT2D eigenvalue weighted by Gasteiger charge is 2.09. The lowest BCUT2D eigenvalue weighted by molar-refractivity contribution is 0.613. The van der Waals surface area contributed by atoms with Gasteiger partial charge in [-0.3, -0.25) is 4.98 Å². The molecule has 25 heavy (non-hydrogen) atoms. The number of hydrogen-bond donors (Lipinski definition) is 1. The van der Waals surface area contributed by atoms with Crippen molar-refractivity contribution in [3.8, 4) is 5.69 Å². The molecule has 4 rings (SSSR count). The Labute approximate surface area is 148 Å². The largest absolute Gasteiger partial charge is 0.381 e. The number of nitrogens with zero attached hydrogens (tertiary/aromatic N) is 3. The van der Waals surface area contributed by atoms with Gasteiger partial charge in [0.05, 0.1) is 17.4 Å². The van der Waals surface area contributed by atoms with Crippen molar-refractivity contribution in [3.63, 3.8) is 0 Å². The third-order valence-corrected chi connectivity index (χ3v) is 4.34. The highest BCUT2D eigenvalue weighted by atomic mass is 35.5. The Morgan fingerprint density at radius 2 is 2.00 bits per heavy atom. The molecule has 4 aromatic rings. The molecule has 0 unspecified atom stereocenters. The number of pyridine rings is 2. The fourth-order valence-electron chi connectivity index (χ4n) is 2.90. The Morgan fingerprint density at radius 1 is 1.12 bits per heavy atom. The van der Waals surface area contributed by atoms with Crippen LogP contribution >= 0.6 is 11.6 Å². The lowest BCUT2D eigenvalue weighted by atomic mass is 10.1. The van der Waals surface area contributed by atoms with E-state index in [4.69, 9.17) is 17.3 Å². The summed E-state index contributed by atoms with van der Waals surface area (Å²) in [6.07, 6.45) is 7.36. The Kier molecular flexibility index (Phi) is 3.86. The van der Waals surface area contributed by atoms with E-state index in [1.165, 1.54) is 6.20 Å². The maximum absolute atomic E-state index is 14.1. The highest BCUT2D eigenvalue weighted by Crippen LogP contribution is 2.24. The lowest BCUT2D eigenvalue weighted by Crippen LogP contribution is -2.01. The molecule has 0 saturated carbocycles. The molecule has 3 heterocycles. The number of nitrogen functional groups attached to an aromatic ring is 1. The fourth-order valence-corrected chi connectivity index (χ4v) is 3.08. The summed E-state index contributed by atoms with van der Waals surface area (Å²) in [7, 11) is 0. The lowest BCUT2D eigenvalue weighted by Gasteiger charge is -2.09. The summed E-state index contributed by atoms with van der Waals surface area (Å²) in [6, 6.07) is 11.3. The van der Waals surface area contributed by atoms with Gasteiger partial charge in [0, 0.05) is 35.4 Å². The number of rotatable bonds is 3. The highest BCUT2D eigenvalue weighted by molar-refractivity contribution is 6.31. The van der Waals surface area contributed by atoms with Crippen molar-refractivity contribution in [3.05, 3.63) is 83.2 Å². The molecule has 124 valence electrons. The SMILES string of the molecule is Nc1nccc(Cc2cncc(-n3ccc4cc(Cl)ccc43)c2)c1F. The van der Waals surface area contributed by atoms with E-state index in [-0.39, 0.29) is 5.82 Å². The molecule has 0 aliphatic rings. The van der Waals surface area contributed by atoms with Gasteiger partial charge < -0.3 is 10.3 Å². The summed E-state index contributed by atoms with van der Waals surface area (Å²) in [5.74, 6) is -0.566. The van der Waals surface area contributed by atoms with Crippen molar-refractivity contribution in [2.45, 2.75) is 6.42 Å². The molecule has 4 nitrogen and oxygen atoms in total. The number of anilines is 1. The Morgan fingerprint density at radius 3 is 2.88 bits per heavy atom. The summed E-state index contributed by atoms with van der Waals surface area (Å²) >= 11 is 6.04. The third-order valence-electron chi connectivity index (χ3n) is 4.10. The van der Waals surface area contributed by atoms with Crippen LogP contribution in [0.4, 0.5) is 10.2 Å². The number of fused-ring (bicyclic) bond motifs is 1. The minimum atomic E-state index is -0.478. The van der Waals surface area contributed by atoms with Gasteiger partial charge in [0.1, 0.15) is 0 Å². The van der Waals surface area contributed by atoms with Crippen molar-refractivity contribution in [1.29, 1.82) is 0 Å². The van der Waals surface area contributed by atoms with Gasteiger partial charge in [0.2, 0.25) is 0 Å². The molecule has 0 saturated heterocycles. The Bertz CT molecular complexity index is 1070. The van der Waals surface area contributed by atoms with Crippen LogP contribution in [0.5, 0.6) is 0 Å². The topological polar surface area (TPSA) is 56.7 Å². The molecule has 6 heteroatoms. The number of nitrogens with two attached hydrogens (primary N) is 1. The number of hydrogen-bond acceptors (Lipinski definition) is 3. The summed E-state index contributed by atoms with van der Waals surface area (Å²) in [5, 5.41) is 1.74. The second kappa shape index (κ2) is 6.18. The second-order valence-electron chi connectivity index (χ2n) is 5.79. The molecule has 3 aromatic heterocycles. The quantitative estimate of drug-likeness (QED) is 0.595. The van der Waals surface area contributed by atoms with Gasteiger partial charge in [-0.25, -0.2) is 9.37 Å². The van der Waals surface area contributed by atoms with E-state index in [9.17, 15) is 4.39 Å². The maximum atomic E-state index is 14.1. The van der Waals surface area contributed by atoms with Crippen molar-refractivity contribution in [2.75, 3.05) is 5.73 Å². The summed E-state index contributed by atoms with van der Waals surface area (Å²) < 4.78 is 16.1. The molecular weight excluding hydrogens is 339 g/mol. The molecule has 0 aliphatic carbocycles. The Hall–Kier alpha value is -2.92. The first kappa shape index (κ1) is 15.6. The molecule has 0 amide bonds. The molecule has 0 spiro atoms. The van der Waals surface area contributed by atoms with Gasteiger partial charge in [-0.15, -0.1) is 0 Å². The zero-order valence-corrected chi connectivity index (χ0v) is 13.9. The predicted molar refractivity (Wildman–Crippen MR) is 97.5 cm³/mol. The minimum absolute atomic E-state index is 0.0881. The minimum Gasteiger partial charge on any atom is -0.381 e. The second-order valence-corrected chi connectivity index (χ2v) is 6.22. The Balaban J connectivity index is 1.73. The van der Waals surface area contributed by atoms with Gasteiger partial charge in [0.15, 0.2) is 11.6 Å². The van der Waals surface area contributed by atoms with E-state index in [0.29, 0.717) is 17.0 Å². The van der Waals surface area contributed by atoms with Crippen molar-refractivity contribution in [2.24, 2.45) is 0 Å². The average Bonchev–Trinajstić information content (AvgIpc) is 3.02. The van der Waals surface area contributed by atoms with Crippen LogP contribution in [0.15, 0.2) is 61.2 Å². The number of halogens is 2. The van der Waals surface area contributed by atoms with Crippen molar-refractivity contribution < 1.29 is 4.39 Å². The first-order valence-corrected chi connectivity index (χ1v) is 8.09. The van der Waals surface area contributed by atoms with E-state index in [0.717, 1.165) is 22.2 Å². The molecule has 0 radical (unpaired) electrons. The normalized spacial score (nSPS) is 11.1. The third kappa shape index (κ3) is 2.94. The van der Waals surface area contributed by atoms with Gasteiger partial charge in [-0.05, 0) is 47.5 Å². The molecule has 0 aliphatic heterocycles. The van der Waals surface area contributed by atoms with Gasteiger partial charge >= 0.3 is 0 Å². The van der Waals surface area contributed by atoms with Crippen molar-refractivity contribution >= 4 is 28.3 Å². The average molecular weight is 353 g/mol.